The van der Waals surface area contributed by atoms with Gasteiger partial charge in [0.15, 0.2) is 5.82 Å². The fraction of sp³-hybridized carbons (Fsp3) is 0.533. The Hall–Kier alpha value is -1.79. The zero-order valence-electron chi connectivity index (χ0n) is 12.3. The molecular weight excluding hydrogens is 266 g/mol. The summed E-state index contributed by atoms with van der Waals surface area (Å²) in [7, 11) is 0. The topological polar surface area (TPSA) is 64.9 Å². The van der Waals surface area contributed by atoms with Crippen LogP contribution in [0.15, 0.2) is 24.5 Å². The highest BCUT2D eigenvalue weighted by molar-refractivity contribution is 5.23. The van der Waals surface area contributed by atoms with Crippen molar-refractivity contribution < 1.29 is 4.74 Å². The van der Waals surface area contributed by atoms with Gasteiger partial charge in [-0.2, -0.15) is 0 Å². The minimum atomic E-state index is 0.0839. The number of hydrogen-bond donors (Lipinski definition) is 1. The van der Waals surface area contributed by atoms with E-state index in [9.17, 15) is 0 Å². The second kappa shape index (κ2) is 6.78. The monoisotopic (exact) mass is 287 g/mol. The number of hydrogen-bond acceptors (Lipinski definition) is 5. The van der Waals surface area contributed by atoms with Gasteiger partial charge in [0, 0.05) is 45.1 Å². The first-order valence-electron chi connectivity index (χ1n) is 7.53. The molecule has 2 aromatic rings. The second-order valence-corrected chi connectivity index (χ2v) is 5.10. The summed E-state index contributed by atoms with van der Waals surface area (Å²) in [4.78, 5) is 4.20. The lowest BCUT2D eigenvalue weighted by Crippen LogP contribution is -2.35. The minimum Gasteiger partial charge on any atom is -0.382 e. The average Bonchev–Trinajstić information content (AvgIpc) is 2.96. The first kappa shape index (κ1) is 14.2. The van der Waals surface area contributed by atoms with E-state index in [2.05, 4.69) is 31.1 Å². The Kier molecular flexibility index (Phi) is 4.57. The van der Waals surface area contributed by atoms with Gasteiger partial charge in [-0.3, -0.25) is 4.98 Å². The summed E-state index contributed by atoms with van der Waals surface area (Å²) >= 11 is 0. The number of fused-ring (bicyclic) bond motifs is 1. The van der Waals surface area contributed by atoms with Gasteiger partial charge in [0.2, 0.25) is 0 Å². The quantitative estimate of drug-likeness (QED) is 0.812. The molecule has 0 fully saturated rings. The maximum absolute atomic E-state index is 5.39. The van der Waals surface area contributed by atoms with Gasteiger partial charge in [0.25, 0.3) is 0 Å². The maximum atomic E-state index is 5.39. The van der Waals surface area contributed by atoms with Gasteiger partial charge in [-0.05, 0) is 25.0 Å². The van der Waals surface area contributed by atoms with E-state index in [0.717, 1.165) is 56.4 Å². The first-order chi connectivity index (χ1) is 10.4. The third-order valence-electron chi connectivity index (χ3n) is 3.71. The zero-order chi connectivity index (χ0) is 14.5. The van der Waals surface area contributed by atoms with Crippen molar-refractivity contribution in [2.24, 2.45) is 0 Å². The lowest BCUT2D eigenvalue weighted by molar-refractivity contribution is 0.144. The molecule has 0 spiro atoms. The van der Waals surface area contributed by atoms with Crippen LogP contribution in [-0.2, 0) is 17.7 Å². The summed E-state index contributed by atoms with van der Waals surface area (Å²) in [6.07, 6.45) is 5.57. The lowest BCUT2D eigenvalue weighted by Gasteiger charge is -2.25. The second-order valence-electron chi connectivity index (χ2n) is 5.10. The van der Waals surface area contributed by atoms with Crippen LogP contribution >= 0.6 is 0 Å². The summed E-state index contributed by atoms with van der Waals surface area (Å²) in [5.74, 6) is 2.04. The summed E-state index contributed by atoms with van der Waals surface area (Å²) in [5, 5.41) is 12.3. The van der Waals surface area contributed by atoms with Crippen molar-refractivity contribution in [3.63, 3.8) is 0 Å². The molecular formula is C15H21N5O. The highest BCUT2D eigenvalue weighted by Gasteiger charge is 2.25. The van der Waals surface area contributed by atoms with Gasteiger partial charge in [0.05, 0.1) is 6.04 Å². The Bertz CT molecular complexity index is 569. The van der Waals surface area contributed by atoms with Crippen molar-refractivity contribution in [2.45, 2.75) is 32.4 Å². The summed E-state index contributed by atoms with van der Waals surface area (Å²) in [5.41, 5.74) is 1.13. The van der Waals surface area contributed by atoms with E-state index < -0.39 is 0 Å². The van der Waals surface area contributed by atoms with Crippen LogP contribution in [0, 0.1) is 0 Å². The number of pyridine rings is 1. The van der Waals surface area contributed by atoms with Crippen molar-refractivity contribution in [1.29, 1.82) is 0 Å². The van der Waals surface area contributed by atoms with Crippen LogP contribution in [0.3, 0.4) is 0 Å². The van der Waals surface area contributed by atoms with Crippen molar-refractivity contribution in [3.8, 4) is 0 Å². The van der Waals surface area contributed by atoms with E-state index in [-0.39, 0.29) is 6.04 Å². The molecule has 0 saturated carbocycles. The number of ether oxygens (including phenoxy) is 1. The van der Waals surface area contributed by atoms with Crippen LogP contribution in [0.4, 0.5) is 0 Å². The molecule has 3 heterocycles. The molecule has 6 nitrogen and oxygen atoms in total. The van der Waals surface area contributed by atoms with Crippen LogP contribution in [0.2, 0.25) is 0 Å². The molecule has 2 aromatic heterocycles. The number of aromatic nitrogens is 4. The molecule has 1 aliphatic rings. The lowest BCUT2D eigenvalue weighted by atomic mass is 10.1. The first-order valence-corrected chi connectivity index (χ1v) is 7.53. The number of aryl methyl sites for hydroxylation is 1. The number of nitrogens with zero attached hydrogens (tertiary/aromatic N) is 4. The molecule has 0 bridgehead atoms. The molecule has 112 valence electrons. The molecule has 1 N–H and O–H groups in total. The van der Waals surface area contributed by atoms with Gasteiger partial charge in [-0.1, -0.05) is 6.07 Å². The van der Waals surface area contributed by atoms with E-state index in [1.165, 1.54) is 0 Å². The molecule has 1 aliphatic heterocycles. The van der Waals surface area contributed by atoms with E-state index in [4.69, 9.17) is 4.74 Å². The SMILES string of the molecule is CCOCCCc1nnc2n1CCNC2c1cccnc1. The molecule has 21 heavy (non-hydrogen) atoms. The molecule has 1 unspecified atom stereocenters. The summed E-state index contributed by atoms with van der Waals surface area (Å²) in [6.45, 7) is 5.41. The molecule has 0 amide bonds. The van der Waals surface area contributed by atoms with E-state index in [0.29, 0.717) is 0 Å². The minimum absolute atomic E-state index is 0.0839. The van der Waals surface area contributed by atoms with Crippen LogP contribution < -0.4 is 5.32 Å². The van der Waals surface area contributed by atoms with Crippen LogP contribution in [0.25, 0.3) is 0 Å². The Morgan fingerprint density at radius 3 is 3.19 bits per heavy atom. The summed E-state index contributed by atoms with van der Waals surface area (Å²) in [6, 6.07) is 4.11. The van der Waals surface area contributed by atoms with E-state index in [1.807, 2.05) is 19.2 Å². The molecule has 1 atom stereocenters. The van der Waals surface area contributed by atoms with Crippen LogP contribution in [0.5, 0.6) is 0 Å². The van der Waals surface area contributed by atoms with Gasteiger partial charge < -0.3 is 14.6 Å². The zero-order valence-corrected chi connectivity index (χ0v) is 12.3. The third-order valence-corrected chi connectivity index (χ3v) is 3.71. The molecule has 0 radical (unpaired) electrons. The van der Waals surface area contributed by atoms with Crippen molar-refractivity contribution >= 4 is 0 Å². The standard InChI is InChI=1S/C15H21N5O/c1-2-21-10-4-6-13-18-19-15-14(17-8-9-20(13)15)12-5-3-7-16-11-12/h3,5,7,11,14,17H,2,4,6,8-10H2,1H3. The average molecular weight is 287 g/mol. The third kappa shape index (κ3) is 3.11. The highest BCUT2D eigenvalue weighted by atomic mass is 16.5. The Morgan fingerprint density at radius 1 is 1.43 bits per heavy atom. The van der Waals surface area contributed by atoms with Crippen molar-refractivity contribution in [3.05, 3.63) is 41.7 Å². The fourth-order valence-electron chi connectivity index (χ4n) is 2.69. The maximum Gasteiger partial charge on any atom is 0.154 e. The van der Waals surface area contributed by atoms with Crippen LogP contribution in [-0.4, -0.2) is 39.5 Å². The van der Waals surface area contributed by atoms with Gasteiger partial charge in [-0.15, -0.1) is 10.2 Å². The Morgan fingerprint density at radius 2 is 2.38 bits per heavy atom. The predicted octanol–water partition coefficient (Wildman–Crippen LogP) is 1.33. The highest BCUT2D eigenvalue weighted by Crippen LogP contribution is 2.23. The van der Waals surface area contributed by atoms with Gasteiger partial charge >= 0.3 is 0 Å². The van der Waals surface area contributed by atoms with E-state index >= 15 is 0 Å². The molecule has 3 rings (SSSR count). The molecule has 6 heteroatoms. The van der Waals surface area contributed by atoms with Crippen molar-refractivity contribution in [2.75, 3.05) is 19.8 Å². The Labute approximate surface area is 124 Å². The fourth-order valence-corrected chi connectivity index (χ4v) is 2.69. The smallest absolute Gasteiger partial charge is 0.154 e. The molecule has 0 aromatic carbocycles. The van der Waals surface area contributed by atoms with Gasteiger partial charge in [-0.25, -0.2) is 0 Å². The molecule has 0 aliphatic carbocycles. The molecule has 0 saturated heterocycles. The van der Waals surface area contributed by atoms with E-state index in [1.54, 1.807) is 6.20 Å². The van der Waals surface area contributed by atoms with Gasteiger partial charge in [0.1, 0.15) is 5.82 Å². The van der Waals surface area contributed by atoms with Crippen molar-refractivity contribution in [1.82, 2.24) is 25.1 Å². The number of nitrogens with one attached hydrogen (secondary N) is 1. The number of rotatable bonds is 6. The normalized spacial score (nSPS) is 17.7. The Balaban J connectivity index is 1.76. The summed E-state index contributed by atoms with van der Waals surface area (Å²) < 4.78 is 7.62. The van der Waals surface area contributed by atoms with Crippen LogP contribution in [0.1, 0.15) is 36.6 Å². The largest absolute Gasteiger partial charge is 0.382 e. The predicted molar refractivity (Wildman–Crippen MR) is 78.9 cm³/mol.